The first kappa shape index (κ1) is 15.2. The van der Waals surface area contributed by atoms with Crippen LogP contribution in [-0.2, 0) is 9.47 Å². The highest BCUT2D eigenvalue weighted by atomic mass is 16.5. The first-order valence-corrected chi connectivity index (χ1v) is 7.00. The highest BCUT2D eigenvalue weighted by Crippen LogP contribution is 2.34. The fourth-order valence-corrected chi connectivity index (χ4v) is 2.96. The van der Waals surface area contributed by atoms with Crippen molar-refractivity contribution in [3.05, 3.63) is 0 Å². The first-order valence-electron chi connectivity index (χ1n) is 7.00. The van der Waals surface area contributed by atoms with Crippen molar-refractivity contribution in [2.45, 2.75) is 42.9 Å². The van der Waals surface area contributed by atoms with E-state index in [0.29, 0.717) is 6.61 Å². The second-order valence-electron chi connectivity index (χ2n) is 5.73. The number of aliphatic hydroxyl groups is 3. The molecule has 2 aliphatic heterocycles. The van der Waals surface area contributed by atoms with Gasteiger partial charge in [-0.15, -0.1) is 0 Å². The molecule has 1 atom stereocenters. The second kappa shape index (κ2) is 6.47. The van der Waals surface area contributed by atoms with E-state index >= 15 is 0 Å². The zero-order valence-electron chi connectivity index (χ0n) is 11.3. The molecule has 1 unspecified atom stereocenters. The lowest BCUT2D eigenvalue weighted by molar-refractivity contribution is -0.144. The van der Waals surface area contributed by atoms with Crippen molar-refractivity contribution < 1.29 is 24.8 Å². The monoisotopic (exact) mass is 275 g/mol. The largest absolute Gasteiger partial charge is 0.394 e. The Hall–Kier alpha value is -0.240. The highest BCUT2D eigenvalue weighted by Gasteiger charge is 2.41. The van der Waals surface area contributed by atoms with Gasteiger partial charge in [-0.25, -0.2) is 0 Å². The van der Waals surface area contributed by atoms with E-state index in [4.69, 9.17) is 9.47 Å². The Morgan fingerprint density at radius 2 is 1.68 bits per heavy atom. The van der Waals surface area contributed by atoms with Gasteiger partial charge in [-0.3, -0.25) is 0 Å². The number of hydrogen-bond acceptors (Lipinski definition) is 6. The summed E-state index contributed by atoms with van der Waals surface area (Å²) in [4.78, 5) is 0. The molecule has 6 nitrogen and oxygen atoms in total. The average molecular weight is 275 g/mol. The molecule has 2 fully saturated rings. The van der Waals surface area contributed by atoms with Crippen LogP contribution in [0, 0.1) is 0 Å². The van der Waals surface area contributed by atoms with Crippen molar-refractivity contribution in [2.24, 2.45) is 0 Å². The fraction of sp³-hybridized carbons (Fsp3) is 1.00. The van der Waals surface area contributed by atoms with Gasteiger partial charge in [0, 0.05) is 25.9 Å². The third-order valence-electron chi connectivity index (χ3n) is 4.32. The minimum atomic E-state index is -1.01. The Kier molecular flexibility index (Phi) is 5.16. The van der Waals surface area contributed by atoms with Gasteiger partial charge in [0.1, 0.15) is 0 Å². The van der Waals surface area contributed by atoms with E-state index in [1.54, 1.807) is 0 Å². The summed E-state index contributed by atoms with van der Waals surface area (Å²) in [5, 5.41) is 31.3. The average Bonchev–Trinajstić information content (AvgIpc) is 2.46. The Morgan fingerprint density at radius 3 is 2.26 bits per heavy atom. The van der Waals surface area contributed by atoms with E-state index < -0.39 is 5.54 Å². The molecule has 0 bridgehead atoms. The Morgan fingerprint density at radius 1 is 1.05 bits per heavy atom. The molecule has 1 spiro atoms. The topological polar surface area (TPSA) is 91.2 Å². The van der Waals surface area contributed by atoms with Crippen molar-refractivity contribution in [3.63, 3.8) is 0 Å². The maximum atomic E-state index is 9.38. The molecule has 0 aromatic rings. The smallest absolute Gasteiger partial charge is 0.0883 e. The molecule has 2 heterocycles. The van der Waals surface area contributed by atoms with Crippen LogP contribution < -0.4 is 5.32 Å². The van der Waals surface area contributed by atoms with Crippen molar-refractivity contribution in [1.29, 1.82) is 0 Å². The summed E-state index contributed by atoms with van der Waals surface area (Å²) in [6.07, 6.45) is 3.42. The van der Waals surface area contributed by atoms with Gasteiger partial charge in [-0.2, -0.15) is 0 Å². The third-order valence-corrected chi connectivity index (χ3v) is 4.32. The van der Waals surface area contributed by atoms with E-state index in [1.165, 1.54) is 0 Å². The second-order valence-corrected chi connectivity index (χ2v) is 5.73. The van der Waals surface area contributed by atoms with Gasteiger partial charge >= 0.3 is 0 Å². The lowest BCUT2D eigenvalue weighted by Gasteiger charge is -2.45. The third kappa shape index (κ3) is 3.45. The van der Waals surface area contributed by atoms with Crippen LogP contribution in [-0.4, -0.2) is 72.1 Å². The fourth-order valence-electron chi connectivity index (χ4n) is 2.96. The van der Waals surface area contributed by atoms with Crippen LogP contribution in [0.3, 0.4) is 0 Å². The summed E-state index contributed by atoms with van der Waals surface area (Å²) < 4.78 is 11.3. The van der Waals surface area contributed by atoms with Crippen LogP contribution in [0.15, 0.2) is 0 Å². The Bertz CT molecular complexity index is 262. The molecule has 0 aromatic heterocycles. The summed E-state index contributed by atoms with van der Waals surface area (Å²) in [5.74, 6) is 0. The maximum Gasteiger partial charge on any atom is 0.0883 e. The Balaban J connectivity index is 1.97. The minimum Gasteiger partial charge on any atom is -0.394 e. The number of rotatable bonds is 5. The lowest BCUT2D eigenvalue weighted by atomic mass is 9.83. The van der Waals surface area contributed by atoms with E-state index in [2.05, 4.69) is 5.32 Å². The molecule has 2 rings (SSSR count). The van der Waals surface area contributed by atoms with Crippen LogP contribution in [0.4, 0.5) is 0 Å². The van der Waals surface area contributed by atoms with Crippen LogP contribution in [0.2, 0.25) is 0 Å². The molecular weight excluding hydrogens is 250 g/mol. The standard InChI is InChI=1S/C13H25NO5/c15-8-12(9-16,10-17)14-11-1-4-19-13(7-11)2-5-18-6-3-13/h11,14-17H,1-10H2. The molecule has 19 heavy (non-hydrogen) atoms. The number of nitrogens with one attached hydrogen (secondary N) is 1. The normalized spacial score (nSPS) is 27.6. The van der Waals surface area contributed by atoms with Crippen molar-refractivity contribution in [2.75, 3.05) is 39.6 Å². The molecule has 2 aliphatic rings. The number of hydrogen-bond donors (Lipinski definition) is 4. The molecule has 0 aliphatic carbocycles. The van der Waals surface area contributed by atoms with Gasteiger partial charge in [-0.05, 0) is 25.7 Å². The Labute approximate surface area is 113 Å². The molecule has 0 radical (unpaired) electrons. The van der Waals surface area contributed by atoms with Crippen molar-refractivity contribution in [1.82, 2.24) is 5.32 Å². The number of aliphatic hydroxyl groups excluding tert-OH is 3. The van der Waals surface area contributed by atoms with Gasteiger partial charge in [0.2, 0.25) is 0 Å². The first-order chi connectivity index (χ1) is 9.17. The lowest BCUT2D eigenvalue weighted by Crippen LogP contribution is -2.61. The summed E-state index contributed by atoms with van der Waals surface area (Å²) in [7, 11) is 0. The predicted molar refractivity (Wildman–Crippen MR) is 68.9 cm³/mol. The predicted octanol–water partition coefficient (Wildman–Crippen LogP) is -0.980. The summed E-state index contributed by atoms with van der Waals surface area (Å²) in [6.45, 7) is 1.25. The highest BCUT2D eigenvalue weighted by molar-refractivity contribution is 4.96. The van der Waals surface area contributed by atoms with Crippen LogP contribution in [0.1, 0.15) is 25.7 Å². The zero-order chi connectivity index (χ0) is 13.8. The maximum absolute atomic E-state index is 9.38. The summed E-state index contributed by atoms with van der Waals surface area (Å²) in [5.41, 5.74) is -1.14. The van der Waals surface area contributed by atoms with Crippen molar-refractivity contribution in [3.8, 4) is 0 Å². The molecular formula is C13H25NO5. The molecule has 4 N–H and O–H groups in total. The molecule has 0 saturated carbocycles. The van der Waals surface area contributed by atoms with Crippen LogP contribution in [0.25, 0.3) is 0 Å². The van der Waals surface area contributed by atoms with Crippen LogP contribution >= 0.6 is 0 Å². The SMILES string of the molecule is OCC(CO)(CO)NC1CCOC2(CCOCC2)C1. The molecule has 0 aromatic carbocycles. The molecule has 112 valence electrons. The van der Waals surface area contributed by atoms with E-state index in [1.807, 2.05) is 0 Å². The molecule has 0 amide bonds. The number of ether oxygens (including phenoxy) is 2. The minimum absolute atomic E-state index is 0.137. The summed E-state index contributed by atoms with van der Waals surface area (Å²) >= 11 is 0. The van der Waals surface area contributed by atoms with Crippen LogP contribution in [0.5, 0.6) is 0 Å². The summed E-state index contributed by atoms with van der Waals surface area (Å²) in [6, 6.07) is 0.137. The molecule has 6 heteroatoms. The van der Waals surface area contributed by atoms with Gasteiger partial charge in [-0.1, -0.05) is 0 Å². The van der Waals surface area contributed by atoms with Gasteiger partial charge in [0.05, 0.1) is 31.0 Å². The quantitative estimate of drug-likeness (QED) is 0.515. The van der Waals surface area contributed by atoms with Crippen molar-refractivity contribution >= 4 is 0 Å². The van der Waals surface area contributed by atoms with E-state index in [-0.39, 0.29) is 31.5 Å². The van der Waals surface area contributed by atoms with Gasteiger partial charge in [0.25, 0.3) is 0 Å². The van der Waals surface area contributed by atoms with E-state index in [0.717, 1.165) is 38.9 Å². The zero-order valence-corrected chi connectivity index (χ0v) is 11.3. The van der Waals surface area contributed by atoms with Gasteiger partial charge < -0.3 is 30.1 Å². The van der Waals surface area contributed by atoms with Gasteiger partial charge in [0.15, 0.2) is 0 Å². The molecule has 2 saturated heterocycles. The van der Waals surface area contributed by atoms with E-state index in [9.17, 15) is 15.3 Å².